The first-order valence-corrected chi connectivity index (χ1v) is 4.58. The Morgan fingerprint density at radius 3 is 2.73 bits per heavy atom. The first kappa shape index (κ1) is 8.79. The molecule has 0 aromatic carbocycles. The van der Waals surface area contributed by atoms with Crippen LogP contribution in [-0.2, 0) is 0 Å². The van der Waals surface area contributed by atoms with Gasteiger partial charge < -0.3 is 5.11 Å². The van der Waals surface area contributed by atoms with Gasteiger partial charge in [-0.3, -0.25) is 0 Å². The number of allylic oxidation sites excluding steroid dienone is 1. The number of rotatable bonds is 5. The summed E-state index contributed by atoms with van der Waals surface area (Å²) in [4.78, 5) is 0. The highest BCUT2D eigenvalue weighted by molar-refractivity contribution is 4.93. The van der Waals surface area contributed by atoms with Crippen molar-refractivity contribution in [2.24, 2.45) is 5.92 Å². The van der Waals surface area contributed by atoms with Crippen LogP contribution in [0.4, 0.5) is 0 Å². The molecule has 0 aliphatic heterocycles. The van der Waals surface area contributed by atoms with E-state index in [1.807, 2.05) is 0 Å². The van der Waals surface area contributed by atoms with Crippen molar-refractivity contribution >= 4 is 0 Å². The molecule has 1 saturated carbocycles. The van der Waals surface area contributed by atoms with Crippen LogP contribution >= 0.6 is 0 Å². The summed E-state index contributed by atoms with van der Waals surface area (Å²) in [5.41, 5.74) is 1.35. The lowest BCUT2D eigenvalue weighted by molar-refractivity contribution is 0.256. The molecule has 0 aromatic rings. The molecule has 11 heavy (non-hydrogen) atoms. The SMILES string of the molecule is C=C(CC)CCCC1CC1O. The summed E-state index contributed by atoms with van der Waals surface area (Å²) in [6.07, 6.45) is 5.74. The van der Waals surface area contributed by atoms with Gasteiger partial charge in [-0.25, -0.2) is 0 Å². The van der Waals surface area contributed by atoms with Crippen LogP contribution < -0.4 is 0 Å². The van der Waals surface area contributed by atoms with Gasteiger partial charge in [-0.05, 0) is 38.0 Å². The Kier molecular flexibility index (Phi) is 3.13. The summed E-state index contributed by atoms with van der Waals surface area (Å²) in [7, 11) is 0. The van der Waals surface area contributed by atoms with Gasteiger partial charge in [0.15, 0.2) is 0 Å². The third-order valence-corrected chi connectivity index (χ3v) is 2.49. The van der Waals surface area contributed by atoms with Gasteiger partial charge in [-0.2, -0.15) is 0 Å². The second kappa shape index (κ2) is 3.91. The number of aliphatic hydroxyl groups excluding tert-OH is 1. The minimum Gasteiger partial charge on any atom is -0.393 e. The van der Waals surface area contributed by atoms with E-state index in [2.05, 4.69) is 13.5 Å². The fourth-order valence-corrected chi connectivity index (χ4v) is 1.33. The molecule has 1 rings (SSSR count). The molecule has 2 atom stereocenters. The van der Waals surface area contributed by atoms with Crippen molar-refractivity contribution in [1.82, 2.24) is 0 Å². The zero-order valence-electron chi connectivity index (χ0n) is 7.34. The van der Waals surface area contributed by atoms with E-state index in [-0.39, 0.29) is 6.10 Å². The fraction of sp³-hybridized carbons (Fsp3) is 0.800. The third-order valence-electron chi connectivity index (χ3n) is 2.49. The summed E-state index contributed by atoms with van der Waals surface area (Å²) < 4.78 is 0. The molecule has 0 heterocycles. The Bertz CT molecular complexity index is 140. The van der Waals surface area contributed by atoms with Crippen LogP contribution in [-0.4, -0.2) is 11.2 Å². The molecule has 1 N–H and O–H groups in total. The van der Waals surface area contributed by atoms with E-state index in [1.165, 1.54) is 18.4 Å². The monoisotopic (exact) mass is 154 g/mol. The van der Waals surface area contributed by atoms with Gasteiger partial charge in [0.1, 0.15) is 0 Å². The zero-order valence-corrected chi connectivity index (χ0v) is 7.34. The van der Waals surface area contributed by atoms with Crippen LogP contribution in [0.25, 0.3) is 0 Å². The summed E-state index contributed by atoms with van der Waals surface area (Å²) in [5.74, 6) is 0.625. The quantitative estimate of drug-likeness (QED) is 0.603. The number of hydrogen-bond donors (Lipinski definition) is 1. The zero-order chi connectivity index (χ0) is 8.27. The molecular formula is C10H18O. The molecule has 0 spiro atoms. The average Bonchev–Trinajstić information content (AvgIpc) is 2.66. The lowest BCUT2D eigenvalue weighted by Crippen LogP contribution is -1.87. The van der Waals surface area contributed by atoms with E-state index < -0.39 is 0 Å². The molecule has 0 amide bonds. The standard InChI is InChI=1S/C10H18O/c1-3-8(2)5-4-6-9-7-10(9)11/h9-11H,2-7H2,1H3. The molecule has 64 valence electrons. The number of hydrogen-bond acceptors (Lipinski definition) is 1. The van der Waals surface area contributed by atoms with Gasteiger partial charge >= 0.3 is 0 Å². The van der Waals surface area contributed by atoms with Gasteiger partial charge in [-0.15, -0.1) is 0 Å². The molecular weight excluding hydrogens is 136 g/mol. The van der Waals surface area contributed by atoms with Gasteiger partial charge in [0, 0.05) is 0 Å². The van der Waals surface area contributed by atoms with Gasteiger partial charge in [0.2, 0.25) is 0 Å². The predicted octanol–water partition coefficient (Wildman–Crippen LogP) is 2.50. The fourth-order valence-electron chi connectivity index (χ4n) is 1.33. The molecule has 0 radical (unpaired) electrons. The summed E-state index contributed by atoms with van der Waals surface area (Å²) in [5, 5.41) is 9.03. The van der Waals surface area contributed by atoms with Crippen molar-refractivity contribution < 1.29 is 5.11 Å². The van der Waals surface area contributed by atoms with Crippen molar-refractivity contribution in [2.45, 2.75) is 45.1 Å². The summed E-state index contributed by atoms with van der Waals surface area (Å²) in [6, 6.07) is 0. The van der Waals surface area contributed by atoms with Crippen LogP contribution in [0.5, 0.6) is 0 Å². The lowest BCUT2D eigenvalue weighted by Gasteiger charge is -2.00. The Balaban J connectivity index is 1.92. The van der Waals surface area contributed by atoms with Crippen LogP contribution in [0.2, 0.25) is 0 Å². The van der Waals surface area contributed by atoms with Crippen LogP contribution in [0.3, 0.4) is 0 Å². The van der Waals surface area contributed by atoms with Crippen LogP contribution in [0.1, 0.15) is 39.0 Å². The Morgan fingerprint density at radius 2 is 2.27 bits per heavy atom. The van der Waals surface area contributed by atoms with E-state index in [9.17, 15) is 0 Å². The van der Waals surface area contributed by atoms with Gasteiger partial charge in [0.05, 0.1) is 6.10 Å². The number of aliphatic hydroxyl groups is 1. The van der Waals surface area contributed by atoms with Crippen molar-refractivity contribution in [1.29, 1.82) is 0 Å². The molecule has 2 unspecified atom stereocenters. The van der Waals surface area contributed by atoms with E-state index in [0.29, 0.717) is 5.92 Å². The molecule has 0 saturated heterocycles. The highest BCUT2D eigenvalue weighted by Gasteiger charge is 2.33. The maximum Gasteiger partial charge on any atom is 0.0573 e. The Hall–Kier alpha value is -0.300. The first-order chi connectivity index (χ1) is 5.24. The minimum absolute atomic E-state index is 0.0323. The topological polar surface area (TPSA) is 20.2 Å². The van der Waals surface area contributed by atoms with Crippen molar-refractivity contribution in [3.8, 4) is 0 Å². The third kappa shape index (κ3) is 3.06. The highest BCUT2D eigenvalue weighted by atomic mass is 16.3. The average molecular weight is 154 g/mol. The summed E-state index contributed by atoms with van der Waals surface area (Å²) >= 11 is 0. The molecule has 1 aliphatic rings. The van der Waals surface area contributed by atoms with E-state index in [1.54, 1.807) is 0 Å². The molecule has 1 nitrogen and oxygen atoms in total. The summed E-state index contributed by atoms with van der Waals surface area (Å²) in [6.45, 7) is 6.09. The predicted molar refractivity (Wildman–Crippen MR) is 47.4 cm³/mol. The lowest BCUT2D eigenvalue weighted by atomic mass is 10.1. The molecule has 0 bridgehead atoms. The molecule has 1 aliphatic carbocycles. The molecule has 1 fully saturated rings. The van der Waals surface area contributed by atoms with Crippen molar-refractivity contribution in [3.05, 3.63) is 12.2 Å². The van der Waals surface area contributed by atoms with Gasteiger partial charge in [-0.1, -0.05) is 19.1 Å². The van der Waals surface area contributed by atoms with Crippen molar-refractivity contribution in [3.63, 3.8) is 0 Å². The second-order valence-electron chi connectivity index (χ2n) is 3.56. The van der Waals surface area contributed by atoms with E-state index in [0.717, 1.165) is 19.3 Å². The largest absolute Gasteiger partial charge is 0.393 e. The normalized spacial score (nSPS) is 28.5. The van der Waals surface area contributed by atoms with Gasteiger partial charge in [0.25, 0.3) is 0 Å². The molecule has 0 aromatic heterocycles. The smallest absolute Gasteiger partial charge is 0.0573 e. The minimum atomic E-state index is 0.0323. The molecule has 1 heteroatoms. The Labute approximate surface area is 69.1 Å². The first-order valence-electron chi connectivity index (χ1n) is 4.58. The van der Waals surface area contributed by atoms with Crippen LogP contribution in [0.15, 0.2) is 12.2 Å². The highest BCUT2D eigenvalue weighted by Crippen LogP contribution is 2.35. The second-order valence-corrected chi connectivity index (χ2v) is 3.56. The Morgan fingerprint density at radius 1 is 1.64 bits per heavy atom. The van der Waals surface area contributed by atoms with E-state index in [4.69, 9.17) is 5.11 Å². The van der Waals surface area contributed by atoms with E-state index >= 15 is 0 Å². The maximum absolute atomic E-state index is 9.03. The van der Waals surface area contributed by atoms with Crippen molar-refractivity contribution in [2.75, 3.05) is 0 Å². The van der Waals surface area contributed by atoms with Crippen LogP contribution in [0, 0.1) is 5.92 Å². The maximum atomic E-state index is 9.03.